The maximum absolute atomic E-state index is 12.7. The van der Waals surface area contributed by atoms with E-state index in [-0.39, 0.29) is 18.4 Å². The fourth-order valence-electron chi connectivity index (χ4n) is 3.01. The van der Waals surface area contributed by atoms with E-state index in [9.17, 15) is 9.59 Å². The normalized spacial score (nSPS) is 10.5. The Balaban J connectivity index is 1.72. The van der Waals surface area contributed by atoms with Gasteiger partial charge in [0.1, 0.15) is 5.75 Å². The molecule has 3 aromatic rings. The summed E-state index contributed by atoms with van der Waals surface area (Å²) in [6.45, 7) is -0.207. The van der Waals surface area contributed by atoms with Gasteiger partial charge in [0.05, 0.1) is 0 Å². The molecule has 3 aromatic carbocycles. The molecule has 0 bridgehead atoms. The van der Waals surface area contributed by atoms with E-state index in [1.165, 1.54) is 0 Å². The molecule has 0 aliphatic carbocycles. The average Bonchev–Trinajstić information content (AvgIpc) is 2.72. The Bertz CT molecular complexity index is 887. The highest BCUT2D eigenvalue weighted by Gasteiger charge is 2.18. The molecule has 0 unspecified atom stereocenters. The highest BCUT2D eigenvalue weighted by molar-refractivity contribution is 5.91. The molecule has 28 heavy (non-hydrogen) atoms. The molecular formula is C23H22N2O3. The van der Waals surface area contributed by atoms with Gasteiger partial charge < -0.3 is 15.8 Å². The molecule has 0 heterocycles. The third-order valence-electron chi connectivity index (χ3n) is 4.29. The highest BCUT2D eigenvalue weighted by atomic mass is 16.5. The maximum Gasteiger partial charge on any atom is 0.255 e. The summed E-state index contributed by atoms with van der Waals surface area (Å²) >= 11 is 0. The van der Waals surface area contributed by atoms with Crippen LogP contribution in [-0.2, 0) is 9.59 Å². The minimum absolute atomic E-state index is 0.0447. The van der Waals surface area contributed by atoms with E-state index in [0.29, 0.717) is 17.9 Å². The van der Waals surface area contributed by atoms with Gasteiger partial charge in [-0.2, -0.15) is 0 Å². The number of anilines is 1. The Labute approximate surface area is 164 Å². The third-order valence-corrected chi connectivity index (χ3v) is 4.29. The second-order valence-corrected chi connectivity index (χ2v) is 6.41. The van der Waals surface area contributed by atoms with Crippen LogP contribution in [-0.4, -0.2) is 18.4 Å². The van der Waals surface area contributed by atoms with Crippen LogP contribution in [0, 0.1) is 0 Å². The van der Waals surface area contributed by atoms with Crippen molar-refractivity contribution in [2.75, 3.05) is 11.9 Å². The number of hydrogen-bond donors (Lipinski definition) is 2. The number of carbonyl (C=O) groups excluding carboxylic acids is 2. The Morgan fingerprint density at radius 1 is 0.857 bits per heavy atom. The van der Waals surface area contributed by atoms with Crippen molar-refractivity contribution in [2.24, 2.45) is 5.73 Å². The minimum Gasteiger partial charge on any atom is -0.484 e. The molecule has 0 saturated carbocycles. The molecule has 2 amide bonds. The van der Waals surface area contributed by atoms with Crippen LogP contribution >= 0.6 is 0 Å². The van der Waals surface area contributed by atoms with E-state index in [1.54, 1.807) is 24.3 Å². The number of hydrogen-bond acceptors (Lipinski definition) is 3. The van der Waals surface area contributed by atoms with Crippen molar-refractivity contribution in [1.82, 2.24) is 0 Å². The van der Waals surface area contributed by atoms with Crippen molar-refractivity contribution >= 4 is 17.5 Å². The van der Waals surface area contributed by atoms with Gasteiger partial charge in [-0.15, -0.1) is 0 Å². The number of ether oxygens (including phenoxy) is 1. The zero-order valence-electron chi connectivity index (χ0n) is 15.4. The summed E-state index contributed by atoms with van der Waals surface area (Å²) in [7, 11) is 0. The highest BCUT2D eigenvalue weighted by Crippen LogP contribution is 2.28. The molecule has 0 saturated heterocycles. The molecule has 0 aliphatic rings. The number of rotatable bonds is 8. The van der Waals surface area contributed by atoms with E-state index in [4.69, 9.17) is 10.5 Å². The first kappa shape index (κ1) is 19.2. The SMILES string of the molecule is NC(=O)COc1cccc(NC(=O)CC(c2ccccc2)c2ccccc2)c1. The van der Waals surface area contributed by atoms with Crippen molar-refractivity contribution in [3.05, 3.63) is 96.1 Å². The largest absolute Gasteiger partial charge is 0.484 e. The Morgan fingerprint density at radius 3 is 2.04 bits per heavy atom. The van der Waals surface area contributed by atoms with Crippen LogP contribution in [0.1, 0.15) is 23.5 Å². The lowest BCUT2D eigenvalue weighted by molar-refractivity contribution is -0.120. The lowest BCUT2D eigenvalue weighted by Gasteiger charge is -2.18. The smallest absolute Gasteiger partial charge is 0.255 e. The number of nitrogens with two attached hydrogens (primary N) is 1. The van der Waals surface area contributed by atoms with Crippen molar-refractivity contribution < 1.29 is 14.3 Å². The van der Waals surface area contributed by atoms with E-state index < -0.39 is 5.91 Å². The van der Waals surface area contributed by atoms with Crippen molar-refractivity contribution in [3.63, 3.8) is 0 Å². The van der Waals surface area contributed by atoms with Gasteiger partial charge in [-0.3, -0.25) is 9.59 Å². The van der Waals surface area contributed by atoms with Gasteiger partial charge in [0.2, 0.25) is 5.91 Å². The van der Waals surface area contributed by atoms with Gasteiger partial charge in [0, 0.05) is 24.1 Å². The summed E-state index contributed by atoms with van der Waals surface area (Å²) in [5.41, 5.74) is 7.87. The van der Waals surface area contributed by atoms with Crippen LogP contribution in [0.5, 0.6) is 5.75 Å². The molecule has 142 valence electrons. The molecule has 0 aromatic heterocycles. The fourth-order valence-corrected chi connectivity index (χ4v) is 3.01. The summed E-state index contributed by atoms with van der Waals surface area (Å²) in [5, 5.41) is 2.90. The van der Waals surface area contributed by atoms with Crippen LogP contribution in [0.3, 0.4) is 0 Å². The maximum atomic E-state index is 12.7. The molecule has 5 heteroatoms. The average molecular weight is 374 g/mol. The molecule has 5 nitrogen and oxygen atoms in total. The Hall–Kier alpha value is -3.60. The van der Waals surface area contributed by atoms with Crippen LogP contribution < -0.4 is 15.8 Å². The Kier molecular flexibility index (Phi) is 6.41. The number of primary amides is 1. The predicted octanol–water partition coefficient (Wildman–Crippen LogP) is 3.71. The molecule has 3 rings (SSSR count). The summed E-state index contributed by atoms with van der Waals surface area (Å²) in [6.07, 6.45) is 0.306. The van der Waals surface area contributed by atoms with Crippen molar-refractivity contribution in [1.29, 1.82) is 0 Å². The first-order valence-corrected chi connectivity index (χ1v) is 9.03. The third kappa shape index (κ3) is 5.45. The molecular weight excluding hydrogens is 352 g/mol. The molecule has 0 spiro atoms. The predicted molar refractivity (Wildman–Crippen MR) is 109 cm³/mol. The van der Waals surface area contributed by atoms with Gasteiger partial charge in [-0.1, -0.05) is 66.7 Å². The first-order valence-electron chi connectivity index (χ1n) is 9.03. The lowest BCUT2D eigenvalue weighted by Crippen LogP contribution is -2.20. The van der Waals surface area contributed by atoms with Crippen molar-refractivity contribution in [2.45, 2.75) is 12.3 Å². The van der Waals surface area contributed by atoms with Gasteiger partial charge in [-0.05, 0) is 23.3 Å². The molecule has 0 radical (unpaired) electrons. The zero-order valence-corrected chi connectivity index (χ0v) is 15.4. The second-order valence-electron chi connectivity index (χ2n) is 6.41. The van der Waals surface area contributed by atoms with Crippen LogP contribution in [0.2, 0.25) is 0 Å². The van der Waals surface area contributed by atoms with E-state index in [2.05, 4.69) is 5.32 Å². The van der Waals surface area contributed by atoms with Crippen LogP contribution in [0.25, 0.3) is 0 Å². The minimum atomic E-state index is -0.553. The number of benzene rings is 3. The zero-order chi connectivity index (χ0) is 19.8. The fraction of sp³-hybridized carbons (Fsp3) is 0.130. The van der Waals surface area contributed by atoms with Crippen LogP contribution in [0.4, 0.5) is 5.69 Å². The molecule has 0 atom stereocenters. The van der Waals surface area contributed by atoms with Gasteiger partial charge in [-0.25, -0.2) is 0 Å². The summed E-state index contributed by atoms with van der Waals surface area (Å²) in [6, 6.07) is 26.8. The van der Waals surface area contributed by atoms with E-state index in [1.807, 2.05) is 60.7 Å². The summed E-state index contributed by atoms with van der Waals surface area (Å²) in [4.78, 5) is 23.6. The summed E-state index contributed by atoms with van der Waals surface area (Å²) in [5.74, 6) is -0.233. The number of carbonyl (C=O) groups is 2. The summed E-state index contributed by atoms with van der Waals surface area (Å²) < 4.78 is 5.28. The van der Waals surface area contributed by atoms with E-state index >= 15 is 0 Å². The molecule has 3 N–H and O–H groups in total. The quantitative estimate of drug-likeness (QED) is 0.631. The van der Waals surface area contributed by atoms with Gasteiger partial charge >= 0.3 is 0 Å². The first-order chi connectivity index (χ1) is 13.6. The number of amides is 2. The van der Waals surface area contributed by atoms with Crippen LogP contribution in [0.15, 0.2) is 84.9 Å². The van der Waals surface area contributed by atoms with E-state index in [0.717, 1.165) is 11.1 Å². The second kappa shape index (κ2) is 9.37. The van der Waals surface area contributed by atoms with Gasteiger partial charge in [0.25, 0.3) is 5.91 Å². The Morgan fingerprint density at radius 2 is 1.46 bits per heavy atom. The topological polar surface area (TPSA) is 81.4 Å². The molecule has 0 fully saturated rings. The van der Waals surface area contributed by atoms with Crippen molar-refractivity contribution in [3.8, 4) is 5.75 Å². The lowest BCUT2D eigenvalue weighted by atomic mass is 9.88. The van der Waals surface area contributed by atoms with Gasteiger partial charge in [0.15, 0.2) is 6.61 Å². The standard InChI is InChI=1S/C23H22N2O3/c24-22(26)16-28-20-13-7-12-19(14-20)25-23(27)15-21(17-8-3-1-4-9-17)18-10-5-2-6-11-18/h1-14,21H,15-16H2,(H2,24,26)(H,25,27). The molecule has 0 aliphatic heterocycles. The monoisotopic (exact) mass is 374 g/mol. The number of nitrogens with one attached hydrogen (secondary N) is 1.